The maximum Gasteiger partial charge on any atom is 0.193 e. The highest BCUT2D eigenvalue weighted by atomic mass is 127. The number of fused-ring (bicyclic) bond motifs is 1. The standard InChI is InChI=1S/C12H11IN4S/c13-8-3-1-2-7(6-8)10-9-4-5-15-11(9)17(16-10)12(14)18/h1-3,6,15H,4-5H2,(H2,14,18). The van der Waals surface area contributed by atoms with Crippen LogP contribution in [0.2, 0.25) is 0 Å². The van der Waals surface area contributed by atoms with E-state index in [9.17, 15) is 0 Å². The number of nitrogens with two attached hydrogens (primary N) is 1. The molecular formula is C12H11IN4S. The summed E-state index contributed by atoms with van der Waals surface area (Å²) in [5.41, 5.74) is 8.98. The fraction of sp³-hybridized carbons (Fsp3) is 0.167. The number of halogens is 1. The van der Waals surface area contributed by atoms with Crippen LogP contribution in [0.15, 0.2) is 24.3 Å². The molecule has 1 aromatic carbocycles. The molecule has 1 aliphatic heterocycles. The molecule has 3 N–H and O–H groups in total. The molecular weight excluding hydrogens is 359 g/mol. The topological polar surface area (TPSA) is 55.9 Å². The van der Waals surface area contributed by atoms with Crippen molar-refractivity contribution in [1.29, 1.82) is 0 Å². The third-order valence-electron chi connectivity index (χ3n) is 2.96. The number of nitrogens with one attached hydrogen (secondary N) is 1. The zero-order valence-electron chi connectivity index (χ0n) is 9.48. The van der Waals surface area contributed by atoms with E-state index in [2.05, 4.69) is 51.2 Å². The van der Waals surface area contributed by atoms with Crippen LogP contribution in [0.5, 0.6) is 0 Å². The second kappa shape index (κ2) is 4.51. The molecule has 0 bridgehead atoms. The smallest absolute Gasteiger partial charge is 0.193 e. The van der Waals surface area contributed by atoms with Gasteiger partial charge in [0.1, 0.15) is 5.82 Å². The van der Waals surface area contributed by atoms with Crippen LogP contribution in [0.1, 0.15) is 5.56 Å². The minimum Gasteiger partial charge on any atom is -0.374 e. The third kappa shape index (κ3) is 1.89. The molecule has 0 saturated carbocycles. The average Bonchev–Trinajstić information content (AvgIpc) is 2.88. The number of rotatable bonds is 1. The van der Waals surface area contributed by atoms with Crippen LogP contribution in [0, 0.1) is 3.57 Å². The van der Waals surface area contributed by atoms with Crippen molar-refractivity contribution in [2.75, 3.05) is 11.9 Å². The minimum absolute atomic E-state index is 0.275. The summed E-state index contributed by atoms with van der Waals surface area (Å²) in [5.74, 6) is 0.941. The number of nitrogens with zero attached hydrogens (tertiary/aromatic N) is 2. The summed E-state index contributed by atoms with van der Waals surface area (Å²) in [7, 11) is 0. The van der Waals surface area contributed by atoms with Gasteiger partial charge in [-0.1, -0.05) is 12.1 Å². The van der Waals surface area contributed by atoms with Crippen molar-refractivity contribution in [2.24, 2.45) is 5.73 Å². The zero-order valence-corrected chi connectivity index (χ0v) is 12.5. The molecule has 4 nitrogen and oxygen atoms in total. The highest BCUT2D eigenvalue weighted by molar-refractivity contribution is 14.1. The van der Waals surface area contributed by atoms with E-state index in [1.807, 2.05) is 6.07 Å². The first-order chi connectivity index (χ1) is 8.66. The summed E-state index contributed by atoms with van der Waals surface area (Å²) in [4.78, 5) is 0. The van der Waals surface area contributed by atoms with Gasteiger partial charge in [0.15, 0.2) is 5.11 Å². The molecule has 0 amide bonds. The van der Waals surface area contributed by atoms with E-state index in [1.54, 1.807) is 4.68 Å². The summed E-state index contributed by atoms with van der Waals surface area (Å²) in [6.45, 7) is 0.909. The fourth-order valence-electron chi connectivity index (χ4n) is 2.20. The Labute approximate surface area is 124 Å². The molecule has 0 fully saturated rings. The molecule has 18 heavy (non-hydrogen) atoms. The summed E-state index contributed by atoms with van der Waals surface area (Å²) in [5, 5.41) is 8.09. The molecule has 92 valence electrons. The Kier molecular flexibility index (Phi) is 2.98. The average molecular weight is 370 g/mol. The van der Waals surface area contributed by atoms with Gasteiger partial charge in [-0.2, -0.15) is 9.78 Å². The highest BCUT2D eigenvalue weighted by Crippen LogP contribution is 2.32. The fourth-order valence-corrected chi connectivity index (χ4v) is 2.88. The molecule has 0 radical (unpaired) electrons. The Balaban J connectivity index is 2.19. The molecule has 6 heteroatoms. The van der Waals surface area contributed by atoms with Crippen molar-refractivity contribution in [3.63, 3.8) is 0 Å². The van der Waals surface area contributed by atoms with Gasteiger partial charge < -0.3 is 11.1 Å². The molecule has 0 atom stereocenters. The van der Waals surface area contributed by atoms with E-state index in [1.165, 1.54) is 9.13 Å². The SMILES string of the molecule is NC(=S)n1nc(-c2cccc(I)c2)c2c1NCC2. The first-order valence-corrected chi connectivity index (χ1v) is 7.07. The van der Waals surface area contributed by atoms with Crippen molar-refractivity contribution in [2.45, 2.75) is 6.42 Å². The van der Waals surface area contributed by atoms with Crippen LogP contribution >= 0.6 is 34.8 Å². The van der Waals surface area contributed by atoms with Crippen LogP contribution < -0.4 is 11.1 Å². The lowest BCUT2D eigenvalue weighted by Crippen LogP contribution is -2.22. The van der Waals surface area contributed by atoms with E-state index in [4.69, 9.17) is 18.0 Å². The molecule has 0 unspecified atom stereocenters. The van der Waals surface area contributed by atoms with Gasteiger partial charge in [0.05, 0.1) is 5.69 Å². The quantitative estimate of drug-likeness (QED) is 0.597. The molecule has 2 heterocycles. The zero-order chi connectivity index (χ0) is 12.7. The molecule has 1 aliphatic rings. The van der Waals surface area contributed by atoms with Crippen molar-refractivity contribution in [1.82, 2.24) is 9.78 Å². The Morgan fingerprint density at radius 2 is 2.33 bits per heavy atom. The first kappa shape index (κ1) is 11.9. The summed E-state index contributed by atoms with van der Waals surface area (Å²) >= 11 is 7.33. The van der Waals surface area contributed by atoms with E-state index >= 15 is 0 Å². The van der Waals surface area contributed by atoms with E-state index in [0.717, 1.165) is 30.0 Å². The predicted molar refractivity (Wildman–Crippen MR) is 84.8 cm³/mol. The molecule has 0 spiro atoms. The molecule has 3 rings (SSSR count). The minimum atomic E-state index is 0.275. The Bertz CT molecular complexity index is 635. The number of hydrogen-bond acceptors (Lipinski definition) is 3. The second-order valence-corrected chi connectivity index (χ2v) is 5.78. The van der Waals surface area contributed by atoms with Gasteiger partial charge in [0.25, 0.3) is 0 Å². The second-order valence-electron chi connectivity index (χ2n) is 4.11. The number of anilines is 1. The van der Waals surface area contributed by atoms with Gasteiger partial charge in [-0.3, -0.25) is 0 Å². The third-order valence-corrected chi connectivity index (χ3v) is 3.80. The lowest BCUT2D eigenvalue weighted by molar-refractivity contribution is 0.935. The van der Waals surface area contributed by atoms with Crippen molar-refractivity contribution >= 4 is 45.7 Å². The largest absolute Gasteiger partial charge is 0.374 e. The predicted octanol–water partition coefficient (Wildman–Crippen LogP) is 2.21. The summed E-state index contributed by atoms with van der Waals surface area (Å²) in [6.07, 6.45) is 0.957. The number of hydrogen-bond donors (Lipinski definition) is 2. The lowest BCUT2D eigenvalue weighted by Gasteiger charge is -2.02. The molecule has 1 aromatic heterocycles. The summed E-state index contributed by atoms with van der Waals surface area (Å²) in [6, 6.07) is 8.27. The number of aromatic nitrogens is 2. The maximum absolute atomic E-state index is 5.70. The molecule has 2 aromatic rings. The number of benzene rings is 1. The Hall–Kier alpha value is -1.15. The van der Waals surface area contributed by atoms with E-state index < -0.39 is 0 Å². The Morgan fingerprint density at radius 3 is 3.06 bits per heavy atom. The van der Waals surface area contributed by atoms with Crippen molar-refractivity contribution < 1.29 is 0 Å². The van der Waals surface area contributed by atoms with Crippen LogP contribution in [0.4, 0.5) is 5.82 Å². The van der Waals surface area contributed by atoms with Gasteiger partial charge in [-0.15, -0.1) is 0 Å². The van der Waals surface area contributed by atoms with Crippen LogP contribution in [-0.4, -0.2) is 21.4 Å². The van der Waals surface area contributed by atoms with Gasteiger partial charge in [-0.25, -0.2) is 0 Å². The Morgan fingerprint density at radius 1 is 1.50 bits per heavy atom. The van der Waals surface area contributed by atoms with E-state index in [0.29, 0.717) is 0 Å². The normalized spacial score (nSPS) is 13.2. The highest BCUT2D eigenvalue weighted by Gasteiger charge is 2.23. The van der Waals surface area contributed by atoms with Crippen molar-refractivity contribution in [3.05, 3.63) is 33.4 Å². The lowest BCUT2D eigenvalue weighted by atomic mass is 10.1. The summed E-state index contributed by atoms with van der Waals surface area (Å²) < 4.78 is 2.81. The number of thiocarbonyl (C=S) groups is 1. The van der Waals surface area contributed by atoms with Crippen LogP contribution in [-0.2, 0) is 6.42 Å². The molecule has 0 aliphatic carbocycles. The maximum atomic E-state index is 5.70. The van der Waals surface area contributed by atoms with Gasteiger partial charge >= 0.3 is 0 Å². The van der Waals surface area contributed by atoms with E-state index in [-0.39, 0.29) is 5.11 Å². The van der Waals surface area contributed by atoms with Crippen molar-refractivity contribution in [3.8, 4) is 11.3 Å². The monoisotopic (exact) mass is 370 g/mol. The van der Waals surface area contributed by atoms with Gasteiger partial charge in [0.2, 0.25) is 0 Å². The molecule has 0 saturated heterocycles. The van der Waals surface area contributed by atoms with Gasteiger partial charge in [-0.05, 0) is 53.4 Å². The first-order valence-electron chi connectivity index (χ1n) is 5.58. The van der Waals surface area contributed by atoms with Crippen LogP contribution in [0.25, 0.3) is 11.3 Å². The van der Waals surface area contributed by atoms with Gasteiger partial charge in [0, 0.05) is 21.2 Å². The van der Waals surface area contributed by atoms with Crippen LogP contribution in [0.3, 0.4) is 0 Å².